The first-order valence-electron chi connectivity index (χ1n) is 20.0. The smallest absolute Gasteiger partial charge is 0.463 e. The fourth-order valence-corrected chi connectivity index (χ4v) is 7.94. The standard InChI is InChI=1S/C39H54F3N5O10/c40-39(41,42)38(54)47-16-8-14-31(47)36(52)44-29(22-26-11-5-2-6-12-26)34(50)45-30-24-56-32(48)15-7-13-27(23-46-17-19-55-20-18-46)57-37(53)33(49)28(43-35(30)51)21-25-9-3-1-4-10-25/h2,5-6,11-12,25,27-31,33,49H,1,3-4,7-10,13-24H2,(H,43,51)(H,44,52)(H,45,50)/t27?,28-,29-,30?,31+,33+/m0/s1. The second-order valence-corrected chi connectivity index (χ2v) is 15.3. The zero-order valence-electron chi connectivity index (χ0n) is 32.0. The Morgan fingerprint density at radius 3 is 2.35 bits per heavy atom. The molecule has 2 unspecified atom stereocenters. The number of hydrogen-bond acceptors (Lipinski definition) is 11. The zero-order chi connectivity index (χ0) is 41.0. The Hall–Kier alpha value is -4.29. The molecule has 15 nitrogen and oxygen atoms in total. The van der Waals surface area contributed by atoms with Crippen molar-refractivity contribution in [3.05, 3.63) is 35.9 Å². The molecule has 1 aromatic rings. The number of esters is 2. The fraction of sp³-hybridized carbons (Fsp3) is 0.692. The molecular formula is C39H54F3N5O10. The molecule has 316 valence electrons. The van der Waals surface area contributed by atoms with Crippen LogP contribution in [0, 0.1) is 5.92 Å². The van der Waals surface area contributed by atoms with Gasteiger partial charge >= 0.3 is 24.0 Å². The maximum atomic E-state index is 14.0. The Kier molecular flexibility index (Phi) is 16.1. The highest BCUT2D eigenvalue weighted by Crippen LogP contribution is 2.29. The summed E-state index contributed by atoms with van der Waals surface area (Å²) >= 11 is 0. The van der Waals surface area contributed by atoms with Crippen LogP contribution < -0.4 is 16.0 Å². The van der Waals surface area contributed by atoms with Crippen molar-refractivity contribution in [3.63, 3.8) is 0 Å². The SMILES string of the molecule is O=C1CCCC(CN2CCOCC2)OC(=O)[C@H](O)[C@H](CC2CCCCC2)NC(=O)C(NC(=O)[C@H](Cc2ccccc2)NC(=O)[C@H]2CCCN2C(=O)C(F)(F)F)CO1. The maximum absolute atomic E-state index is 14.0. The fourth-order valence-electron chi connectivity index (χ4n) is 7.94. The number of ether oxygens (including phenoxy) is 3. The Balaban J connectivity index is 1.36. The van der Waals surface area contributed by atoms with Crippen molar-refractivity contribution in [2.45, 2.75) is 120 Å². The number of aliphatic hydroxyl groups excluding tert-OH is 1. The van der Waals surface area contributed by atoms with E-state index >= 15 is 0 Å². The molecule has 57 heavy (non-hydrogen) atoms. The minimum Gasteiger partial charge on any atom is -0.463 e. The number of cyclic esters (lactones) is 2. The number of halogens is 3. The van der Waals surface area contributed by atoms with Crippen LogP contribution in [0.25, 0.3) is 0 Å². The minimum absolute atomic E-state index is 0.0601. The Bertz CT molecular complexity index is 1540. The Morgan fingerprint density at radius 1 is 0.930 bits per heavy atom. The van der Waals surface area contributed by atoms with E-state index < -0.39 is 84.7 Å². The van der Waals surface area contributed by atoms with Gasteiger partial charge in [0, 0.05) is 39.0 Å². The molecule has 3 aliphatic heterocycles. The van der Waals surface area contributed by atoms with Crippen LogP contribution in [0.15, 0.2) is 30.3 Å². The van der Waals surface area contributed by atoms with Crippen LogP contribution >= 0.6 is 0 Å². The van der Waals surface area contributed by atoms with Crippen LogP contribution in [-0.2, 0) is 49.4 Å². The van der Waals surface area contributed by atoms with Crippen LogP contribution in [0.3, 0.4) is 0 Å². The largest absolute Gasteiger partial charge is 0.471 e. The number of amides is 4. The number of morpholine rings is 1. The van der Waals surface area contributed by atoms with Gasteiger partial charge in [0.25, 0.3) is 0 Å². The number of nitrogens with one attached hydrogen (secondary N) is 3. The Morgan fingerprint density at radius 2 is 1.65 bits per heavy atom. The van der Waals surface area contributed by atoms with Crippen molar-refractivity contribution in [1.29, 1.82) is 0 Å². The van der Waals surface area contributed by atoms with E-state index in [1.807, 2.05) is 0 Å². The molecule has 18 heteroatoms. The quantitative estimate of drug-likeness (QED) is 0.251. The highest BCUT2D eigenvalue weighted by Gasteiger charge is 2.48. The minimum atomic E-state index is -5.20. The van der Waals surface area contributed by atoms with E-state index in [4.69, 9.17) is 14.2 Å². The number of benzene rings is 1. The van der Waals surface area contributed by atoms with Gasteiger partial charge in [-0.25, -0.2) is 4.79 Å². The summed E-state index contributed by atoms with van der Waals surface area (Å²) in [5.74, 6) is -6.48. The molecule has 0 spiro atoms. The summed E-state index contributed by atoms with van der Waals surface area (Å²) < 4.78 is 56.8. The van der Waals surface area contributed by atoms with Crippen LogP contribution in [-0.4, -0.2) is 139 Å². The van der Waals surface area contributed by atoms with Crippen molar-refractivity contribution >= 4 is 35.6 Å². The van der Waals surface area contributed by atoms with Gasteiger partial charge in [-0.05, 0) is 43.6 Å². The van der Waals surface area contributed by atoms with Gasteiger partial charge in [0.2, 0.25) is 17.7 Å². The predicted octanol–water partition coefficient (Wildman–Crippen LogP) is 1.54. The lowest BCUT2D eigenvalue weighted by Crippen LogP contribution is -2.60. The lowest BCUT2D eigenvalue weighted by atomic mass is 9.83. The molecule has 0 aromatic heterocycles. The van der Waals surface area contributed by atoms with Gasteiger partial charge in [0.1, 0.15) is 30.8 Å². The summed E-state index contributed by atoms with van der Waals surface area (Å²) in [6.45, 7) is 1.72. The first kappa shape index (κ1) is 43.8. The molecule has 4 N–H and O–H groups in total. The van der Waals surface area contributed by atoms with E-state index in [-0.39, 0.29) is 51.0 Å². The molecule has 4 aliphatic rings. The van der Waals surface area contributed by atoms with Crippen molar-refractivity contribution in [1.82, 2.24) is 25.8 Å². The van der Waals surface area contributed by atoms with Gasteiger partial charge in [0.05, 0.1) is 19.3 Å². The van der Waals surface area contributed by atoms with E-state index in [0.29, 0.717) is 49.7 Å². The average Bonchev–Trinajstić information content (AvgIpc) is 3.69. The van der Waals surface area contributed by atoms with E-state index in [1.165, 1.54) is 0 Å². The summed E-state index contributed by atoms with van der Waals surface area (Å²) in [6.07, 6.45) is -2.44. The maximum Gasteiger partial charge on any atom is 0.471 e. The second-order valence-electron chi connectivity index (χ2n) is 15.3. The summed E-state index contributed by atoms with van der Waals surface area (Å²) in [7, 11) is 0. The molecule has 0 bridgehead atoms. The van der Waals surface area contributed by atoms with E-state index in [1.54, 1.807) is 30.3 Å². The highest BCUT2D eigenvalue weighted by atomic mass is 19.4. The third-order valence-electron chi connectivity index (χ3n) is 11.0. The predicted molar refractivity (Wildman–Crippen MR) is 196 cm³/mol. The van der Waals surface area contributed by atoms with Gasteiger partial charge in [0.15, 0.2) is 6.10 Å². The topological polar surface area (TPSA) is 193 Å². The number of carbonyl (C=O) groups excluding carboxylic acids is 6. The number of nitrogens with zero attached hydrogens (tertiary/aromatic N) is 2. The number of likely N-dealkylation sites (tertiary alicyclic amines) is 1. The third-order valence-corrected chi connectivity index (χ3v) is 11.0. The molecular weight excluding hydrogens is 755 g/mol. The molecule has 3 saturated heterocycles. The third kappa shape index (κ3) is 13.1. The van der Waals surface area contributed by atoms with Crippen LogP contribution in [0.4, 0.5) is 13.2 Å². The Labute approximate surface area is 329 Å². The number of aliphatic hydroxyl groups is 1. The van der Waals surface area contributed by atoms with Crippen LogP contribution in [0.5, 0.6) is 0 Å². The second kappa shape index (κ2) is 20.9. The molecule has 3 heterocycles. The summed E-state index contributed by atoms with van der Waals surface area (Å²) in [4.78, 5) is 82.6. The zero-order valence-corrected chi connectivity index (χ0v) is 32.0. The van der Waals surface area contributed by atoms with Gasteiger partial charge in [-0.2, -0.15) is 13.2 Å². The van der Waals surface area contributed by atoms with Crippen molar-refractivity contribution in [2.75, 3.05) is 46.0 Å². The molecule has 0 radical (unpaired) electrons. The van der Waals surface area contributed by atoms with Crippen molar-refractivity contribution in [2.24, 2.45) is 5.92 Å². The van der Waals surface area contributed by atoms with Crippen molar-refractivity contribution in [3.8, 4) is 0 Å². The number of alkyl halides is 3. The lowest BCUT2D eigenvalue weighted by molar-refractivity contribution is -0.186. The van der Waals surface area contributed by atoms with Gasteiger partial charge in [-0.1, -0.05) is 62.4 Å². The van der Waals surface area contributed by atoms with E-state index in [2.05, 4.69) is 20.9 Å². The summed E-state index contributed by atoms with van der Waals surface area (Å²) in [6, 6.07) is 2.80. The number of carbonyl (C=O) groups is 6. The molecule has 1 saturated carbocycles. The van der Waals surface area contributed by atoms with Crippen molar-refractivity contribution < 1.29 is 61.3 Å². The molecule has 5 rings (SSSR count). The van der Waals surface area contributed by atoms with Gasteiger partial charge in [-0.15, -0.1) is 0 Å². The molecule has 4 fully saturated rings. The lowest BCUT2D eigenvalue weighted by Gasteiger charge is -2.33. The molecule has 1 aliphatic carbocycles. The van der Waals surface area contributed by atoms with Gasteiger partial charge in [-0.3, -0.25) is 28.9 Å². The van der Waals surface area contributed by atoms with E-state index in [9.17, 15) is 47.0 Å². The van der Waals surface area contributed by atoms with E-state index in [0.717, 1.165) is 32.1 Å². The first-order chi connectivity index (χ1) is 27.3. The highest BCUT2D eigenvalue weighted by molar-refractivity contribution is 5.95. The number of hydrogen-bond donors (Lipinski definition) is 4. The first-order valence-corrected chi connectivity index (χ1v) is 20.0. The number of rotatable bonds is 10. The van der Waals surface area contributed by atoms with Crippen LogP contribution in [0.1, 0.15) is 76.2 Å². The summed E-state index contributed by atoms with van der Waals surface area (Å²) in [5, 5.41) is 19.2. The molecule has 6 atom stereocenters. The van der Waals surface area contributed by atoms with Crippen LogP contribution in [0.2, 0.25) is 0 Å². The van der Waals surface area contributed by atoms with Gasteiger partial charge < -0.3 is 40.2 Å². The molecule has 4 amide bonds. The average molecular weight is 810 g/mol. The molecule has 1 aromatic carbocycles. The normalized spacial score (nSPS) is 27.0. The summed E-state index contributed by atoms with van der Waals surface area (Å²) in [5.41, 5.74) is 0.565. The monoisotopic (exact) mass is 809 g/mol.